The predicted molar refractivity (Wildman–Crippen MR) is 197 cm³/mol. The molecular weight excluding hydrogens is 668 g/mol. The second-order valence-electron chi connectivity index (χ2n) is 14.1. The molecule has 2 amide bonds. The van der Waals surface area contributed by atoms with E-state index in [0.29, 0.717) is 60.4 Å². The first-order chi connectivity index (χ1) is 26.0. The summed E-state index contributed by atoms with van der Waals surface area (Å²) in [5.74, 6) is 1.77. The summed E-state index contributed by atoms with van der Waals surface area (Å²) in [7, 11) is 0. The Morgan fingerprint density at radius 2 is 1.19 bits per heavy atom. The van der Waals surface area contributed by atoms with E-state index in [1.54, 1.807) is 17.0 Å². The SMILES string of the molecule is O=C(c1ccc2cc(C(=O)N3C[C@H](O)C[C@H]3c3nc(CCCc4ccccc4)no3)ccc2c1)N1CCC[C@H]1c1nc(CCCc2ccccc2)no1. The van der Waals surface area contributed by atoms with Gasteiger partial charge in [0.25, 0.3) is 11.8 Å². The van der Waals surface area contributed by atoms with Crippen molar-refractivity contribution in [3.8, 4) is 0 Å². The van der Waals surface area contributed by atoms with E-state index < -0.39 is 12.1 Å². The van der Waals surface area contributed by atoms with Gasteiger partial charge in [0, 0.05) is 43.5 Å². The zero-order valence-electron chi connectivity index (χ0n) is 29.5. The van der Waals surface area contributed by atoms with Crippen LogP contribution < -0.4 is 0 Å². The number of aromatic nitrogens is 4. The van der Waals surface area contributed by atoms with E-state index in [2.05, 4.69) is 44.5 Å². The molecule has 2 saturated heterocycles. The molecule has 3 atom stereocenters. The molecule has 53 heavy (non-hydrogen) atoms. The van der Waals surface area contributed by atoms with Crippen LogP contribution in [0.4, 0.5) is 0 Å². The number of likely N-dealkylation sites (tertiary alicyclic amines) is 2. The number of nitrogens with zero attached hydrogens (tertiary/aromatic N) is 6. The van der Waals surface area contributed by atoms with Gasteiger partial charge < -0.3 is 24.0 Å². The summed E-state index contributed by atoms with van der Waals surface area (Å²) in [5, 5.41) is 20.6. The van der Waals surface area contributed by atoms with E-state index in [9.17, 15) is 14.7 Å². The highest BCUT2D eigenvalue weighted by Gasteiger charge is 2.39. The lowest BCUT2D eigenvalue weighted by Gasteiger charge is -2.22. The number of benzene rings is 4. The predicted octanol–water partition coefficient (Wildman–Crippen LogP) is 6.88. The van der Waals surface area contributed by atoms with Crippen molar-refractivity contribution in [1.29, 1.82) is 0 Å². The molecule has 11 nitrogen and oxygen atoms in total. The zero-order chi connectivity index (χ0) is 36.1. The van der Waals surface area contributed by atoms with Crippen LogP contribution in [-0.2, 0) is 25.7 Å². The summed E-state index contributed by atoms with van der Waals surface area (Å²) in [6.45, 7) is 0.783. The number of aliphatic hydroxyl groups is 1. The Bertz CT molecular complexity index is 2180. The quantitative estimate of drug-likeness (QED) is 0.144. The number of carbonyl (C=O) groups excluding carboxylic acids is 2. The number of hydrogen-bond donors (Lipinski definition) is 1. The fourth-order valence-corrected chi connectivity index (χ4v) is 7.58. The monoisotopic (exact) mass is 710 g/mol. The first-order valence-electron chi connectivity index (χ1n) is 18.5. The van der Waals surface area contributed by atoms with Gasteiger partial charge in [-0.1, -0.05) is 83.1 Å². The first kappa shape index (κ1) is 34.4. The third kappa shape index (κ3) is 7.75. The number of fused-ring (bicyclic) bond motifs is 1. The number of carbonyl (C=O) groups is 2. The summed E-state index contributed by atoms with van der Waals surface area (Å²) < 4.78 is 11.3. The van der Waals surface area contributed by atoms with Crippen LogP contribution in [0.1, 0.15) is 99.5 Å². The smallest absolute Gasteiger partial charge is 0.254 e. The van der Waals surface area contributed by atoms with Crippen molar-refractivity contribution in [2.75, 3.05) is 13.1 Å². The van der Waals surface area contributed by atoms with Gasteiger partial charge in [-0.2, -0.15) is 9.97 Å². The molecule has 2 aliphatic heterocycles. The van der Waals surface area contributed by atoms with Crippen LogP contribution >= 0.6 is 0 Å². The third-order valence-electron chi connectivity index (χ3n) is 10.3. The number of rotatable bonds is 12. The molecule has 11 heteroatoms. The molecule has 1 N–H and O–H groups in total. The lowest BCUT2D eigenvalue weighted by Crippen LogP contribution is -2.32. The van der Waals surface area contributed by atoms with Crippen LogP contribution in [0.25, 0.3) is 10.8 Å². The summed E-state index contributed by atoms with van der Waals surface area (Å²) in [5.41, 5.74) is 3.57. The second-order valence-corrected chi connectivity index (χ2v) is 14.1. The van der Waals surface area contributed by atoms with Gasteiger partial charge in [-0.15, -0.1) is 0 Å². The molecule has 0 aliphatic carbocycles. The Morgan fingerprint density at radius 1 is 0.660 bits per heavy atom. The number of amides is 2. The number of hydrogen-bond acceptors (Lipinski definition) is 9. The molecule has 2 aromatic heterocycles. The minimum absolute atomic E-state index is 0.0914. The Labute approximate surface area is 307 Å². The minimum Gasteiger partial charge on any atom is -0.391 e. The van der Waals surface area contributed by atoms with E-state index in [-0.39, 0.29) is 24.4 Å². The molecule has 270 valence electrons. The lowest BCUT2D eigenvalue weighted by atomic mass is 10.0. The molecule has 4 heterocycles. The van der Waals surface area contributed by atoms with Gasteiger partial charge in [0.15, 0.2) is 11.6 Å². The van der Waals surface area contributed by atoms with Crippen LogP contribution in [0, 0.1) is 0 Å². The molecule has 2 aliphatic rings. The van der Waals surface area contributed by atoms with Gasteiger partial charge in [-0.25, -0.2) is 0 Å². The zero-order valence-corrected chi connectivity index (χ0v) is 29.5. The summed E-state index contributed by atoms with van der Waals surface area (Å²) >= 11 is 0. The van der Waals surface area contributed by atoms with Gasteiger partial charge >= 0.3 is 0 Å². The van der Waals surface area contributed by atoms with Crippen molar-refractivity contribution in [1.82, 2.24) is 30.1 Å². The topological polar surface area (TPSA) is 139 Å². The molecule has 4 aromatic carbocycles. The largest absolute Gasteiger partial charge is 0.391 e. The van der Waals surface area contributed by atoms with Crippen molar-refractivity contribution >= 4 is 22.6 Å². The van der Waals surface area contributed by atoms with E-state index in [4.69, 9.17) is 9.05 Å². The van der Waals surface area contributed by atoms with Gasteiger partial charge in [0.1, 0.15) is 12.1 Å². The number of aliphatic hydroxyl groups excluding tert-OH is 1. The van der Waals surface area contributed by atoms with Crippen LogP contribution in [0.2, 0.25) is 0 Å². The molecule has 2 fully saturated rings. The highest BCUT2D eigenvalue weighted by Crippen LogP contribution is 2.35. The molecule has 8 rings (SSSR count). The first-order valence-corrected chi connectivity index (χ1v) is 18.5. The average Bonchev–Trinajstić information content (AvgIpc) is 4.02. The Hall–Kier alpha value is -5.68. The Kier molecular flexibility index (Phi) is 10.1. The van der Waals surface area contributed by atoms with Crippen molar-refractivity contribution in [2.24, 2.45) is 0 Å². The van der Waals surface area contributed by atoms with Gasteiger partial charge in [-0.05, 0) is 84.7 Å². The third-order valence-corrected chi connectivity index (χ3v) is 10.3. The molecule has 0 unspecified atom stereocenters. The second kappa shape index (κ2) is 15.5. The van der Waals surface area contributed by atoms with Crippen molar-refractivity contribution in [3.63, 3.8) is 0 Å². The maximum atomic E-state index is 13.8. The normalized spacial score (nSPS) is 18.6. The number of aryl methyl sites for hydroxylation is 4. The Balaban J connectivity index is 0.909. The van der Waals surface area contributed by atoms with Crippen molar-refractivity contribution in [2.45, 2.75) is 76.0 Å². The maximum Gasteiger partial charge on any atom is 0.254 e. The minimum atomic E-state index is -0.695. The van der Waals surface area contributed by atoms with Gasteiger partial charge in [-0.3, -0.25) is 9.59 Å². The van der Waals surface area contributed by atoms with E-state index in [0.717, 1.165) is 49.3 Å². The maximum absolute atomic E-state index is 13.8. The average molecular weight is 711 g/mol. The highest BCUT2D eigenvalue weighted by molar-refractivity contribution is 6.02. The lowest BCUT2D eigenvalue weighted by molar-refractivity contribution is 0.0691. The van der Waals surface area contributed by atoms with E-state index in [1.807, 2.05) is 65.6 Å². The van der Waals surface area contributed by atoms with Gasteiger partial charge in [0.2, 0.25) is 11.8 Å². The number of β-amino-alcohol motifs (C(OH)–C–C–N with tert-alkyl or cyclic N) is 1. The standard InChI is InChI=1S/C42H42N6O5/c49-34-26-36(40-44-38(46-53-40)18-8-15-29-12-5-2-6-13-29)48(27-34)42(51)33-22-20-30-24-32(21-19-31(30)25-33)41(50)47-23-9-16-35(47)39-43-37(45-52-39)17-7-14-28-10-3-1-4-11-28/h1-6,10-13,19-22,24-25,34-36,49H,7-9,14-18,23,26-27H2/t34-,35+,36+/m1/s1. The molecule has 0 saturated carbocycles. The molecule has 0 spiro atoms. The van der Waals surface area contributed by atoms with Crippen LogP contribution in [-0.4, -0.2) is 66.2 Å². The summed E-state index contributed by atoms with van der Waals surface area (Å²) in [4.78, 5) is 40.4. The Morgan fingerprint density at radius 3 is 1.75 bits per heavy atom. The van der Waals surface area contributed by atoms with E-state index >= 15 is 0 Å². The summed E-state index contributed by atoms with van der Waals surface area (Å²) in [6, 6.07) is 30.8. The molecule has 6 aromatic rings. The molecule has 0 radical (unpaired) electrons. The summed E-state index contributed by atoms with van der Waals surface area (Å²) in [6.07, 6.45) is 6.25. The fourth-order valence-electron chi connectivity index (χ4n) is 7.58. The van der Waals surface area contributed by atoms with Crippen molar-refractivity contribution < 1.29 is 23.7 Å². The fraction of sp³-hybridized carbons (Fsp3) is 0.333. The van der Waals surface area contributed by atoms with Gasteiger partial charge in [0.05, 0.1) is 6.10 Å². The van der Waals surface area contributed by atoms with Crippen LogP contribution in [0.3, 0.4) is 0 Å². The van der Waals surface area contributed by atoms with E-state index in [1.165, 1.54) is 11.1 Å². The van der Waals surface area contributed by atoms with Crippen LogP contribution in [0.15, 0.2) is 106 Å². The molecular formula is C42H42N6O5. The highest BCUT2D eigenvalue weighted by atomic mass is 16.5. The molecule has 0 bridgehead atoms. The van der Waals surface area contributed by atoms with Crippen molar-refractivity contribution in [3.05, 3.63) is 143 Å². The van der Waals surface area contributed by atoms with Crippen LogP contribution in [0.5, 0.6) is 0 Å².